The van der Waals surface area contributed by atoms with Crippen molar-refractivity contribution in [2.24, 2.45) is 0 Å². The number of alkyl halides is 1. The summed E-state index contributed by atoms with van der Waals surface area (Å²) in [5, 5.41) is 14.0. The predicted molar refractivity (Wildman–Crippen MR) is 70.0 cm³/mol. The summed E-state index contributed by atoms with van der Waals surface area (Å²) < 4.78 is 0. The Kier molecular flexibility index (Phi) is 3.41. The second-order valence-corrected chi connectivity index (χ2v) is 4.22. The first kappa shape index (κ1) is 12.0. The number of halogens is 2. The van der Waals surface area contributed by atoms with E-state index in [1.807, 2.05) is 0 Å². The van der Waals surface area contributed by atoms with E-state index in [4.69, 9.17) is 23.2 Å². The minimum atomic E-state index is -0.268. The van der Waals surface area contributed by atoms with Crippen LogP contribution in [-0.4, -0.2) is 16.9 Å². The summed E-state index contributed by atoms with van der Waals surface area (Å²) in [6, 6.07) is 8.51. The lowest BCUT2D eigenvalue weighted by molar-refractivity contribution is -0.113. The van der Waals surface area contributed by atoms with Crippen LogP contribution in [0.5, 0.6) is 5.75 Å². The van der Waals surface area contributed by atoms with Gasteiger partial charge in [0.2, 0.25) is 5.91 Å². The highest BCUT2D eigenvalue weighted by Crippen LogP contribution is 2.30. The Bertz CT molecular complexity index is 584. The Morgan fingerprint density at radius 1 is 1.24 bits per heavy atom. The van der Waals surface area contributed by atoms with Crippen LogP contribution in [0.4, 0.5) is 5.69 Å². The van der Waals surface area contributed by atoms with E-state index in [0.29, 0.717) is 5.69 Å². The Morgan fingerprint density at radius 2 is 2.00 bits per heavy atom. The van der Waals surface area contributed by atoms with E-state index in [2.05, 4.69) is 5.32 Å². The topological polar surface area (TPSA) is 49.3 Å². The summed E-state index contributed by atoms with van der Waals surface area (Å²) in [4.78, 5) is 11.1. The van der Waals surface area contributed by atoms with Crippen LogP contribution in [0.2, 0.25) is 5.02 Å². The van der Waals surface area contributed by atoms with Crippen molar-refractivity contribution < 1.29 is 9.90 Å². The van der Waals surface area contributed by atoms with E-state index in [-0.39, 0.29) is 22.6 Å². The number of nitrogens with one attached hydrogen (secondary N) is 1. The summed E-state index contributed by atoms with van der Waals surface area (Å²) >= 11 is 11.2. The first-order valence-electron chi connectivity index (χ1n) is 4.88. The fourth-order valence-electron chi connectivity index (χ4n) is 1.53. The number of carbonyl (C=O) groups excluding carboxylic acids is 1. The maximum atomic E-state index is 11.1. The van der Waals surface area contributed by atoms with Crippen LogP contribution in [0.1, 0.15) is 0 Å². The summed E-state index contributed by atoms with van der Waals surface area (Å²) in [6.45, 7) is 0. The lowest BCUT2D eigenvalue weighted by Crippen LogP contribution is -2.12. The molecule has 17 heavy (non-hydrogen) atoms. The quantitative estimate of drug-likeness (QED) is 0.822. The molecule has 2 N–H and O–H groups in total. The third-order valence-corrected chi connectivity index (χ3v) is 2.86. The molecule has 0 saturated carbocycles. The summed E-state index contributed by atoms with van der Waals surface area (Å²) in [7, 11) is 0. The second-order valence-electron chi connectivity index (χ2n) is 3.55. The molecule has 0 aliphatic rings. The average molecular weight is 270 g/mol. The Balaban J connectivity index is 2.43. The number of aromatic hydroxyl groups is 1. The minimum Gasteiger partial charge on any atom is -0.506 e. The lowest BCUT2D eigenvalue weighted by atomic mass is 10.1. The number of fused-ring (bicyclic) bond motifs is 1. The molecule has 0 spiro atoms. The number of carbonyl (C=O) groups is 1. The molecule has 2 aromatic carbocycles. The van der Waals surface area contributed by atoms with E-state index >= 15 is 0 Å². The number of amides is 1. The van der Waals surface area contributed by atoms with Crippen molar-refractivity contribution in [3.05, 3.63) is 35.4 Å². The number of hydrogen-bond acceptors (Lipinski definition) is 2. The van der Waals surface area contributed by atoms with Crippen LogP contribution < -0.4 is 5.32 Å². The Labute approximate surface area is 108 Å². The number of rotatable bonds is 2. The predicted octanol–water partition coefficient (Wildman–Crippen LogP) is 3.38. The highest BCUT2D eigenvalue weighted by Gasteiger charge is 2.04. The van der Waals surface area contributed by atoms with Gasteiger partial charge in [-0.25, -0.2) is 0 Å². The number of anilines is 1. The fraction of sp³-hybridized carbons (Fsp3) is 0.0833. The molecule has 2 aromatic rings. The molecular formula is C12H9Cl2NO2. The third kappa shape index (κ3) is 2.62. The number of hydrogen-bond donors (Lipinski definition) is 2. The molecular weight excluding hydrogens is 261 g/mol. The van der Waals surface area contributed by atoms with Crippen molar-refractivity contribution >= 4 is 45.6 Å². The lowest BCUT2D eigenvalue weighted by Gasteiger charge is -2.06. The van der Waals surface area contributed by atoms with Gasteiger partial charge in [-0.05, 0) is 35.0 Å². The molecule has 0 unspecified atom stereocenters. The molecule has 5 heteroatoms. The maximum Gasteiger partial charge on any atom is 0.239 e. The van der Waals surface area contributed by atoms with Crippen LogP contribution in [0, 0.1) is 0 Å². The zero-order valence-corrected chi connectivity index (χ0v) is 10.2. The van der Waals surface area contributed by atoms with Gasteiger partial charge in [-0.15, -0.1) is 11.6 Å². The van der Waals surface area contributed by atoms with E-state index in [1.165, 1.54) is 0 Å². The van der Waals surface area contributed by atoms with Gasteiger partial charge in [0.1, 0.15) is 11.6 Å². The molecule has 88 valence electrons. The molecule has 0 atom stereocenters. The van der Waals surface area contributed by atoms with Crippen LogP contribution in [0.3, 0.4) is 0 Å². The van der Waals surface area contributed by atoms with Gasteiger partial charge in [-0.1, -0.05) is 17.7 Å². The van der Waals surface area contributed by atoms with Gasteiger partial charge in [0.05, 0.1) is 5.02 Å². The summed E-state index contributed by atoms with van der Waals surface area (Å²) in [5.41, 5.74) is 0.643. The Hall–Kier alpha value is -1.45. The van der Waals surface area contributed by atoms with Crippen LogP contribution in [0.15, 0.2) is 30.3 Å². The van der Waals surface area contributed by atoms with E-state index in [9.17, 15) is 9.90 Å². The van der Waals surface area contributed by atoms with Crippen LogP contribution in [0.25, 0.3) is 10.8 Å². The Morgan fingerprint density at radius 3 is 2.71 bits per heavy atom. The smallest absolute Gasteiger partial charge is 0.239 e. The molecule has 1 amide bonds. The van der Waals surface area contributed by atoms with Crippen molar-refractivity contribution in [3.63, 3.8) is 0 Å². The SMILES string of the molecule is O=C(CCl)Nc1ccc2cc(O)c(Cl)cc2c1. The highest BCUT2D eigenvalue weighted by molar-refractivity contribution is 6.33. The number of phenols is 1. The van der Waals surface area contributed by atoms with Gasteiger partial charge in [0.15, 0.2) is 0 Å². The van der Waals surface area contributed by atoms with Crippen molar-refractivity contribution in [1.29, 1.82) is 0 Å². The monoisotopic (exact) mass is 269 g/mol. The van der Waals surface area contributed by atoms with Crippen LogP contribution >= 0.6 is 23.2 Å². The van der Waals surface area contributed by atoms with Gasteiger partial charge in [-0.2, -0.15) is 0 Å². The maximum absolute atomic E-state index is 11.1. The summed E-state index contributed by atoms with van der Waals surface area (Å²) in [6.07, 6.45) is 0. The van der Waals surface area contributed by atoms with Crippen molar-refractivity contribution in [2.45, 2.75) is 0 Å². The normalized spacial score (nSPS) is 10.5. The molecule has 0 aromatic heterocycles. The van der Waals surface area contributed by atoms with Gasteiger partial charge in [0, 0.05) is 5.69 Å². The highest BCUT2D eigenvalue weighted by atomic mass is 35.5. The van der Waals surface area contributed by atoms with Crippen molar-refractivity contribution in [3.8, 4) is 5.75 Å². The molecule has 3 nitrogen and oxygen atoms in total. The zero-order chi connectivity index (χ0) is 12.4. The largest absolute Gasteiger partial charge is 0.506 e. The molecule has 0 radical (unpaired) electrons. The minimum absolute atomic E-state index is 0.0386. The second kappa shape index (κ2) is 4.82. The first-order valence-corrected chi connectivity index (χ1v) is 5.79. The van der Waals surface area contributed by atoms with E-state index in [1.54, 1.807) is 30.3 Å². The van der Waals surface area contributed by atoms with Crippen LogP contribution in [-0.2, 0) is 4.79 Å². The van der Waals surface area contributed by atoms with Crippen molar-refractivity contribution in [1.82, 2.24) is 0 Å². The standard InChI is InChI=1S/C12H9Cl2NO2/c13-6-12(17)15-9-2-1-7-5-11(16)10(14)4-8(7)3-9/h1-5,16H,6H2,(H,15,17). The number of benzene rings is 2. The van der Waals surface area contributed by atoms with Gasteiger partial charge >= 0.3 is 0 Å². The van der Waals surface area contributed by atoms with Gasteiger partial charge in [0.25, 0.3) is 0 Å². The van der Waals surface area contributed by atoms with Gasteiger partial charge < -0.3 is 10.4 Å². The van der Waals surface area contributed by atoms with E-state index < -0.39 is 0 Å². The molecule has 2 rings (SSSR count). The molecule has 0 fully saturated rings. The first-order chi connectivity index (χ1) is 8.10. The van der Waals surface area contributed by atoms with E-state index in [0.717, 1.165) is 10.8 Å². The average Bonchev–Trinajstić information content (AvgIpc) is 2.31. The summed E-state index contributed by atoms with van der Waals surface area (Å²) in [5.74, 6) is -0.318. The molecule has 0 heterocycles. The molecule has 0 aliphatic heterocycles. The van der Waals surface area contributed by atoms with Gasteiger partial charge in [-0.3, -0.25) is 4.79 Å². The third-order valence-electron chi connectivity index (χ3n) is 2.31. The zero-order valence-electron chi connectivity index (χ0n) is 8.71. The fourth-order valence-corrected chi connectivity index (χ4v) is 1.77. The molecule has 0 aliphatic carbocycles. The molecule has 0 saturated heterocycles. The van der Waals surface area contributed by atoms with Crippen molar-refractivity contribution in [2.75, 3.05) is 11.2 Å². The molecule has 0 bridgehead atoms. The number of phenolic OH excluding ortho intramolecular Hbond substituents is 1.